The molecule has 2 heterocycles. The molecular formula is C25H37N3O3. The number of rotatable bonds is 10. The second kappa shape index (κ2) is 11.9. The molecule has 6 heteroatoms. The summed E-state index contributed by atoms with van der Waals surface area (Å²) in [5, 5.41) is 3.05. The number of amides is 3. The van der Waals surface area contributed by atoms with Gasteiger partial charge in [0.05, 0.1) is 11.8 Å². The van der Waals surface area contributed by atoms with Crippen LogP contribution in [0.5, 0.6) is 0 Å². The van der Waals surface area contributed by atoms with Gasteiger partial charge in [0.1, 0.15) is 0 Å². The van der Waals surface area contributed by atoms with E-state index in [1.54, 1.807) is 0 Å². The number of carbonyl (C=O) groups excluding carboxylic acids is 3. The number of likely N-dealkylation sites (tertiary alicyclic amines) is 2. The molecule has 0 aliphatic carbocycles. The van der Waals surface area contributed by atoms with E-state index >= 15 is 0 Å². The molecule has 2 fully saturated rings. The van der Waals surface area contributed by atoms with Crippen molar-refractivity contribution in [1.82, 2.24) is 15.1 Å². The van der Waals surface area contributed by atoms with Gasteiger partial charge in [-0.05, 0) is 31.2 Å². The number of piperidine rings is 1. The van der Waals surface area contributed by atoms with E-state index in [0.717, 1.165) is 38.6 Å². The number of hydrogen-bond donors (Lipinski definition) is 1. The first-order valence-electron chi connectivity index (χ1n) is 12.0. The molecule has 0 bridgehead atoms. The first-order chi connectivity index (χ1) is 15.1. The number of unbranched alkanes of at least 4 members (excludes halogenated alkanes) is 3. The second-order valence-corrected chi connectivity index (χ2v) is 8.95. The standard InChI is InChI=1S/C25H37N3O3/c1-2-3-4-8-14-26-24(30)21-12-9-15-28(18-21)25(31)22-17-23(29)27(19-22)16-13-20-10-6-5-7-11-20/h5-7,10-11,21-22H,2-4,8-9,12-19H2,1H3,(H,26,30). The Morgan fingerprint density at radius 2 is 1.87 bits per heavy atom. The summed E-state index contributed by atoms with van der Waals surface area (Å²) in [6, 6.07) is 10.1. The fraction of sp³-hybridized carbons (Fsp3) is 0.640. The molecule has 2 unspecified atom stereocenters. The van der Waals surface area contributed by atoms with Gasteiger partial charge in [-0.15, -0.1) is 0 Å². The summed E-state index contributed by atoms with van der Waals surface area (Å²) in [7, 11) is 0. The van der Waals surface area contributed by atoms with Gasteiger partial charge in [0, 0.05) is 39.1 Å². The molecule has 0 saturated carbocycles. The molecule has 0 radical (unpaired) electrons. The third-order valence-corrected chi connectivity index (χ3v) is 6.51. The summed E-state index contributed by atoms with van der Waals surface area (Å²) in [6.45, 7) is 5.20. The van der Waals surface area contributed by atoms with Gasteiger partial charge in [-0.25, -0.2) is 0 Å². The number of carbonyl (C=O) groups is 3. The van der Waals surface area contributed by atoms with E-state index in [1.807, 2.05) is 28.0 Å². The fourth-order valence-corrected chi connectivity index (χ4v) is 4.62. The van der Waals surface area contributed by atoms with E-state index in [0.29, 0.717) is 32.6 Å². The number of hydrogen-bond acceptors (Lipinski definition) is 3. The predicted molar refractivity (Wildman–Crippen MR) is 121 cm³/mol. The van der Waals surface area contributed by atoms with E-state index in [1.165, 1.54) is 18.4 Å². The Kier molecular flexibility index (Phi) is 8.92. The van der Waals surface area contributed by atoms with Crippen molar-refractivity contribution in [3.05, 3.63) is 35.9 Å². The van der Waals surface area contributed by atoms with Crippen molar-refractivity contribution in [3.8, 4) is 0 Å². The van der Waals surface area contributed by atoms with E-state index in [-0.39, 0.29) is 29.6 Å². The molecule has 31 heavy (non-hydrogen) atoms. The minimum atomic E-state index is -0.279. The fourth-order valence-electron chi connectivity index (χ4n) is 4.62. The minimum absolute atomic E-state index is 0.0380. The Hall–Kier alpha value is -2.37. The summed E-state index contributed by atoms with van der Waals surface area (Å²) < 4.78 is 0. The molecule has 3 amide bonds. The van der Waals surface area contributed by atoms with E-state index in [2.05, 4.69) is 24.4 Å². The topological polar surface area (TPSA) is 69.7 Å². The summed E-state index contributed by atoms with van der Waals surface area (Å²) in [5.41, 5.74) is 1.20. The molecular weight excluding hydrogens is 390 g/mol. The molecule has 2 aliphatic rings. The van der Waals surface area contributed by atoms with Crippen molar-refractivity contribution in [3.63, 3.8) is 0 Å². The van der Waals surface area contributed by atoms with E-state index < -0.39 is 0 Å². The maximum Gasteiger partial charge on any atom is 0.228 e. The highest BCUT2D eigenvalue weighted by molar-refractivity contribution is 5.89. The number of nitrogens with one attached hydrogen (secondary N) is 1. The molecule has 1 aromatic carbocycles. The average Bonchev–Trinajstić information content (AvgIpc) is 3.18. The van der Waals surface area contributed by atoms with Crippen LogP contribution in [0.3, 0.4) is 0 Å². The zero-order valence-electron chi connectivity index (χ0n) is 18.9. The molecule has 1 aromatic rings. The lowest BCUT2D eigenvalue weighted by Gasteiger charge is -2.33. The Balaban J connectivity index is 1.44. The number of nitrogens with zero attached hydrogens (tertiary/aromatic N) is 2. The van der Waals surface area contributed by atoms with Gasteiger partial charge >= 0.3 is 0 Å². The lowest BCUT2D eigenvalue weighted by molar-refractivity contribution is -0.139. The maximum atomic E-state index is 13.1. The smallest absolute Gasteiger partial charge is 0.228 e. The second-order valence-electron chi connectivity index (χ2n) is 8.95. The first-order valence-corrected chi connectivity index (χ1v) is 12.0. The molecule has 2 aliphatic heterocycles. The van der Waals surface area contributed by atoms with Crippen LogP contribution >= 0.6 is 0 Å². The van der Waals surface area contributed by atoms with Crippen LogP contribution < -0.4 is 5.32 Å². The number of benzene rings is 1. The van der Waals surface area contributed by atoms with Gasteiger partial charge in [0.25, 0.3) is 0 Å². The van der Waals surface area contributed by atoms with Gasteiger partial charge in [0.15, 0.2) is 0 Å². The Morgan fingerprint density at radius 1 is 1.06 bits per heavy atom. The van der Waals surface area contributed by atoms with E-state index in [4.69, 9.17) is 0 Å². The molecule has 0 spiro atoms. The van der Waals surface area contributed by atoms with Crippen LogP contribution in [-0.2, 0) is 20.8 Å². The largest absolute Gasteiger partial charge is 0.356 e. The lowest BCUT2D eigenvalue weighted by Crippen LogP contribution is -2.47. The SMILES string of the molecule is CCCCCCNC(=O)C1CCCN(C(=O)C2CC(=O)N(CCc3ccccc3)C2)C1. The highest BCUT2D eigenvalue weighted by Gasteiger charge is 2.38. The zero-order valence-corrected chi connectivity index (χ0v) is 18.9. The van der Waals surface area contributed by atoms with Crippen molar-refractivity contribution >= 4 is 17.7 Å². The van der Waals surface area contributed by atoms with Gasteiger partial charge in [-0.1, -0.05) is 56.5 Å². The molecule has 2 saturated heterocycles. The predicted octanol–water partition coefficient (Wildman–Crippen LogP) is 3.01. The van der Waals surface area contributed by atoms with Crippen molar-refractivity contribution in [2.24, 2.45) is 11.8 Å². The molecule has 2 atom stereocenters. The van der Waals surface area contributed by atoms with Gasteiger partial charge in [0.2, 0.25) is 17.7 Å². The Bertz CT molecular complexity index is 737. The minimum Gasteiger partial charge on any atom is -0.356 e. The highest BCUT2D eigenvalue weighted by Crippen LogP contribution is 2.24. The third-order valence-electron chi connectivity index (χ3n) is 6.51. The zero-order chi connectivity index (χ0) is 22.1. The quantitative estimate of drug-likeness (QED) is 0.584. The van der Waals surface area contributed by atoms with Crippen LogP contribution in [0.2, 0.25) is 0 Å². The van der Waals surface area contributed by atoms with Gasteiger partial charge in [-0.3, -0.25) is 14.4 Å². The Morgan fingerprint density at radius 3 is 2.65 bits per heavy atom. The molecule has 6 nitrogen and oxygen atoms in total. The molecule has 1 N–H and O–H groups in total. The van der Waals surface area contributed by atoms with Crippen LogP contribution in [-0.4, -0.2) is 60.2 Å². The monoisotopic (exact) mass is 427 g/mol. The van der Waals surface area contributed by atoms with Crippen LogP contribution in [0.15, 0.2) is 30.3 Å². The normalized spacial score (nSPS) is 21.4. The van der Waals surface area contributed by atoms with Crippen LogP contribution in [0.4, 0.5) is 0 Å². The van der Waals surface area contributed by atoms with Gasteiger partial charge < -0.3 is 15.1 Å². The maximum absolute atomic E-state index is 13.1. The van der Waals surface area contributed by atoms with Crippen LogP contribution in [0.25, 0.3) is 0 Å². The average molecular weight is 428 g/mol. The first kappa shape index (κ1) is 23.3. The van der Waals surface area contributed by atoms with E-state index in [9.17, 15) is 14.4 Å². The van der Waals surface area contributed by atoms with Crippen LogP contribution in [0, 0.1) is 11.8 Å². The summed E-state index contributed by atoms with van der Waals surface area (Å²) in [4.78, 5) is 41.7. The molecule has 3 rings (SSSR count). The lowest BCUT2D eigenvalue weighted by atomic mass is 9.95. The van der Waals surface area contributed by atoms with Crippen LogP contribution in [0.1, 0.15) is 57.4 Å². The van der Waals surface area contributed by atoms with Gasteiger partial charge in [-0.2, -0.15) is 0 Å². The van der Waals surface area contributed by atoms with Crippen molar-refractivity contribution in [2.45, 2.75) is 58.3 Å². The third kappa shape index (κ3) is 6.81. The highest BCUT2D eigenvalue weighted by atomic mass is 16.2. The summed E-state index contributed by atoms with van der Waals surface area (Å²) >= 11 is 0. The van der Waals surface area contributed by atoms with Crippen molar-refractivity contribution in [2.75, 3.05) is 32.7 Å². The summed E-state index contributed by atoms with van der Waals surface area (Å²) in [6.07, 6.45) is 7.30. The van der Waals surface area contributed by atoms with Crippen molar-refractivity contribution in [1.29, 1.82) is 0 Å². The van der Waals surface area contributed by atoms with Crippen molar-refractivity contribution < 1.29 is 14.4 Å². The Labute approximate surface area is 186 Å². The molecule has 170 valence electrons. The summed E-state index contributed by atoms with van der Waals surface area (Å²) in [5.74, 6) is -0.237. The molecule has 0 aromatic heterocycles.